The molecule has 0 spiro atoms. The Morgan fingerprint density at radius 2 is 1.84 bits per heavy atom. The number of carbonyl (C=O) groups is 1. The van der Waals surface area contributed by atoms with E-state index in [0.29, 0.717) is 25.3 Å². The van der Waals surface area contributed by atoms with Gasteiger partial charge in [0.15, 0.2) is 0 Å². The van der Waals surface area contributed by atoms with Gasteiger partial charge in [-0.05, 0) is 32.4 Å². The number of hydrogen-bond acceptors (Lipinski definition) is 4. The van der Waals surface area contributed by atoms with E-state index in [-0.39, 0.29) is 19.1 Å². The molecule has 0 aliphatic heterocycles. The van der Waals surface area contributed by atoms with E-state index >= 15 is 0 Å². The molecule has 0 aromatic carbocycles. The number of aliphatic hydroxyl groups excluding tert-OH is 2. The van der Waals surface area contributed by atoms with Gasteiger partial charge in [0.2, 0.25) is 5.91 Å². The third-order valence-electron chi connectivity index (χ3n) is 3.50. The molecular weight excluding hydrogens is 244 g/mol. The topological polar surface area (TPSA) is 72.8 Å². The van der Waals surface area contributed by atoms with Crippen LogP contribution in [0.4, 0.5) is 0 Å². The fourth-order valence-corrected chi connectivity index (χ4v) is 1.68. The summed E-state index contributed by atoms with van der Waals surface area (Å²) in [5.41, 5.74) is -0.881. The molecule has 114 valence electrons. The molecular formula is C14H30N2O3. The van der Waals surface area contributed by atoms with Gasteiger partial charge in [-0.1, -0.05) is 20.8 Å². The first-order valence-corrected chi connectivity index (χ1v) is 7.10. The van der Waals surface area contributed by atoms with Crippen LogP contribution in [0.2, 0.25) is 0 Å². The highest BCUT2D eigenvalue weighted by molar-refractivity contribution is 5.77. The zero-order chi connectivity index (χ0) is 14.9. The summed E-state index contributed by atoms with van der Waals surface area (Å²) in [6.07, 6.45) is 2.01. The second-order valence-electron chi connectivity index (χ2n) is 5.73. The van der Waals surface area contributed by atoms with Crippen LogP contribution in [0, 0.1) is 5.92 Å². The van der Waals surface area contributed by atoms with Gasteiger partial charge in [0.05, 0.1) is 18.8 Å². The molecule has 0 saturated carbocycles. The fraction of sp³-hybridized carbons (Fsp3) is 0.929. The summed E-state index contributed by atoms with van der Waals surface area (Å²) in [7, 11) is 2.00. The molecule has 0 aromatic rings. The summed E-state index contributed by atoms with van der Waals surface area (Å²) in [6, 6.07) is 0. The number of amides is 1. The molecule has 5 heteroatoms. The number of nitrogens with zero attached hydrogens (tertiary/aromatic N) is 1. The van der Waals surface area contributed by atoms with Crippen LogP contribution in [-0.4, -0.2) is 59.9 Å². The normalized spacial score (nSPS) is 12.2. The third-order valence-corrected chi connectivity index (χ3v) is 3.50. The molecule has 0 saturated heterocycles. The van der Waals surface area contributed by atoms with Crippen LogP contribution in [0.5, 0.6) is 0 Å². The quantitative estimate of drug-likeness (QED) is 0.545. The monoisotopic (exact) mass is 274 g/mol. The first-order chi connectivity index (χ1) is 8.89. The van der Waals surface area contributed by atoms with Crippen molar-refractivity contribution in [1.82, 2.24) is 10.2 Å². The van der Waals surface area contributed by atoms with E-state index in [2.05, 4.69) is 24.1 Å². The molecule has 0 atom stereocenters. The van der Waals surface area contributed by atoms with E-state index in [4.69, 9.17) is 0 Å². The van der Waals surface area contributed by atoms with Gasteiger partial charge < -0.3 is 20.4 Å². The maximum absolute atomic E-state index is 11.8. The lowest BCUT2D eigenvalue weighted by atomic mass is 9.98. The minimum atomic E-state index is -0.881. The molecule has 0 aromatic heterocycles. The average Bonchev–Trinajstić information content (AvgIpc) is 2.40. The molecule has 0 aliphatic rings. The largest absolute Gasteiger partial charge is 0.394 e. The van der Waals surface area contributed by atoms with Gasteiger partial charge in [-0.15, -0.1) is 0 Å². The van der Waals surface area contributed by atoms with E-state index in [0.717, 1.165) is 13.0 Å². The maximum Gasteiger partial charge on any atom is 0.221 e. The highest BCUT2D eigenvalue weighted by Crippen LogP contribution is 2.08. The van der Waals surface area contributed by atoms with Gasteiger partial charge >= 0.3 is 0 Å². The van der Waals surface area contributed by atoms with Crippen molar-refractivity contribution in [2.75, 3.05) is 33.4 Å². The van der Waals surface area contributed by atoms with E-state index in [1.165, 1.54) is 0 Å². The summed E-state index contributed by atoms with van der Waals surface area (Å²) >= 11 is 0. The molecule has 0 heterocycles. The Morgan fingerprint density at radius 3 is 2.26 bits per heavy atom. The number of aliphatic hydroxyl groups is 2. The summed E-state index contributed by atoms with van der Waals surface area (Å²) < 4.78 is 0. The van der Waals surface area contributed by atoms with Crippen LogP contribution in [0.1, 0.15) is 40.0 Å². The van der Waals surface area contributed by atoms with Crippen molar-refractivity contribution in [3.8, 4) is 0 Å². The van der Waals surface area contributed by atoms with Crippen molar-refractivity contribution >= 4 is 5.91 Å². The van der Waals surface area contributed by atoms with Crippen LogP contribution in [0.3, 0.4) is 0 Å². The first-order valence-electron chi connectivity index (χ1n) is 7.10. The molecule has 19 heavy (non-hydrogen) atoms. The van der Waals surface area contributed by atoms with E-state index in [1.807, 2.05) is 14.0 Å². The van der Waals surface area contributed by atoms with Crippen molar-refractivity contribution < 1.29 is 15.0 Å². The predicted octanol–water partition coefficient (Wildman–Crippen LogP) is 0.604. The summed E-state index contributed by atoms with van der Waals surface area (Å²) in [4.78, 5) is 13.9. The van der Waals surface area contributed by atoms with Crippen molar-refractivity contribution in [2.24, 2.45) is 5.92 Å². The Labute approximate surface area is 117 Å². The van der Waals surface area contributed by atoms with Gasteiger partial charge in [-0.3, -0.25) is 4.79 Å². The van der Waals surface area contributed by atoms with Gasteiger partial charge in [0, 0.05) is 13.0 Å². The Balaban J connectivity index is 4.04. The summed E-state index contributed by atoms with van der Waals surface area (Å²) in [5.74, 6) is 0.536. The summed E-state index contributed by atoms with van der Waals surface area (Å²) in [5, 5.41) is 21.3. The van der Waals surface area contributed by atoms with E-state index < -0.39 is 5.54 Å². The molecule has 0 rings (SSSR count). The fourth-order valence-electron chi connectivity index (χ4n) is 1.68. The third kappa shape index (κ3) is 7.50. The van der Waals surface area contributed by atoms with Gasteiger partial charge in [0.1, 0.15) is 0 Å². The van der Waals surface area contributed by atoms with Crippen LogP contribution >= 0.6 is 0 Å². The molecule has 1 amide bonds. The summed E-state index contributed by atoms with van der Waals surface area (Å²) in [6.45, 7) is 7.38. The average molecular weight is 274 g/mol. The Hall–Kier alpha value is -0.650. The van der Waals surface area contributed by atoms with Crippen LogP contribution in [0.15, 0.2) is 0 Å². The zero-order valence-corrected chi connectivity index (χ0v) is 12.8. The van der Waals surface area contributed by atoms with Gasteiger partial charge in [0.25, 0.3) is 0 Å². The van der Waals surface area contributed by atoms with Crippen molar-refractivity contribution in [3.05, 3.63) is 0 Å². The van der Waals surface area contributed by atoms with Gasteiger partial charge in [-0.25, -0.2) is 0 Å². The lowest BCUT2D eigenvalue weighted by Gasteiger charge is -2.30. The molecule has 0 fully saturated rings. The minimum Gasteiger partial charge on any atom is -0.394 e. The first kappa shape index (κ1) is 18.4. The Bertz CT molecular complexity index is 245. The van der Waals surface area contributed by atoms with Crippen molar-refractivity contribution in [1.29, 1.82) is 0 Å². The van der Waals surface area contributed by atoms with Crippen LogP contribution in [-0.2, 0) is 4.79 Å². The number of rotatable bonds is 10. The van der Waals surface area contributed by atoms with Crippen LogP contribution in [0.25, 0.3) is 0 Å². The standard InChI is InChI=1S/C14H30N2O3/c1-5-14(10-17,11-18)15-13(19)7-9-16(4)8-6-12(2)3/h12,17-18H,5-11H2,1-4H3,(H,15,19). The lowest BCUT2D eigenvalue weighted by molar-refractivity contribution is -0.124. The molecule has 5 nitrogen and oxygen atoms in total. The number of hydrogen-bond donors (Lipinski definition) is 3. The number of nitrogens with one attached hydrogen (secondary N) is 1. The van der Waals surface area contributed by atoms with E-state index in [9.17, 15) is 15.0 Å². The van der Waals surface area contributed by atoms with Gasteiger partial charge in [-0.2, -0.15) is 0 Å². The molecule has 0 unspecified atom stereocenters. The lowest BCUT2D eigenvalue weighted by Crippen LogP contribution is -2.54. The highest BCUT2D eigenvalue weighted by Gasteiger charge is 2.28. The second-order valence-corrected chi connectivity index (χ2v) is 5.73. The Kier molecular flexibility index (Phi) is 8.97. The van der Waals surface area contributed by atoms with Crippen LogP contribution < -0.4 is 5.32 Å². The SMILES string of the molecule is CCC(CO)(CO)NC(=O)CCN(C)CCC(C)C. The molecule has 0 bridgehead atoms. The van der Waals surface area contributed by atoms with Crippen molar-refractivity contribution in [2.45, 2.75) is 45.6 Å². The highest BCUT2D eigenvalue weighted by atomic mass is 16.3. The molecule has 3 N–H and O–H groups in total. The van der Waals surface area contributed by atoms with Crippen molar-refractivity contribution in [3.63, 3.8) is 0 Å². The second kappa shape index (κ2) is 9.28. The smallest absolute Gasteiger partial charge is 0.221 e. The zero-order valence-electron chi connectivity index (χ0n) is 12.8. The minimum absolute atomic E-state index is 0.124. The predicted molar refractivity (Wildman–Crippen MR) is 76.9 cm³/mol. The Morgan fingerprint density at radius 1 is 1.26 bits per heavy atom. The maximum atomic E-state index is 11.8. The number of carbonyl (C=O) groups excluding carboxylic acids is 1. The molecule has 0 aliphatic carbocycles. The molecule has 0 radical (unpaired) electrons. The van der Waals surface area contributed by atoms with E-state index in [1.54, 1.807) is 0 Å².